The van der Waals surface area contributed by atoms with Gasteiger partial charge in [0.15, 0.2) is 0 Å². The summed E-state index contributed by atoms with van der Waals surface area (Å²) >= 11 is 0. The summed E-state index contributed by atoms with van der Waals surface area (Å²) in [6.45, 7) is 5.20. The second kappa shape index (κ2) is 9.81. The first-order chi connectivity index (χ1) is 18.6. The van der Waals surface area contributed by atoms with E-state index in [0.29, 0.717) is 6.54 Å². The van der Waals surface area contributed by atoms with Gasteiger partial charge in [0.05, 0.1) is 0 Å². The maximum Gasteiger partial charge on any atom is 0.0459 e. The van der Waals surface area contributed by atoms with E-state index < -0.39 is 0 Å². The molecule has 3 N–H and O–H groups in total. The Bertz CT molecular complexity index is 1690. The zero-order chi connectivity index (χ0) is 26.1. The molecule has 0 atom stereocenters. The van der Waals surface area contributed by atoms with Gasteiger partial charge in [-0.3, -0.25) is 0 Å². The smallest absolute Gasteiger partial charge is 0.0459 e. The number of allylic oxidation sites excluding steroid dienone is 2. The van der Waals surface area contributed by atoms with Crippen molar-refractivity contribution in [3.8, 4) is 22.3 Å². The van der Waals surface area contributed by atoms with Gasteiger partial charge in [0.25, 0.3) is 0 Å². The lowest BCUT2D eigenvalue weighted by molar-refractivity contribution is 0.666. The van der Waals surface area contributed by atoms with Crippen molar-refractivity contribution in [3.05, 3.63) is 144 Å². The van der Waals surface area contributed by atoms with Crippen molar-refractivity contribution in [1.29, 1.82) is 0 Å². The van der Waals surface area contributed by atoms with Crippen molar-refractivity contribution in [2.75, 3.05) is 11.9 Å². The Morgan fingerprint density at radius 1 is 0.763 bits per heavy atom. The number of para-hydroxylation sites is 1. The Labute approximate surface area is 225 Å². The molecule has 0 bridgehead atoms. The van der Waals surface area contributed by atoms with Gasteiger partial charge in [-0.2, -0.15) is 0 Å². The van der Waals surface area contributed by atoms with Crippen LogP contribution in [-0.2, 0) is 5.41 Å². The summed E-state index contributed by atoms with van der Waals surface area (Å²) in [6, 6.07) is 39.0. The third-order valence-electron chi connectivity index (χ3n) is 7.71. The molecule has 6 rings (SSSR count). The Morgan fingerprint density at radius 2 is 1.45 bits per heavy atom. The summed E-state index contributed by atoms with van der Waals surface area (Å²) in [4.78, 5) is 0. The van der Waals surface area contributed by atoms with Gasteiger partial charge in [0, 0.05) is 29.4 Å². The predicted octanol–water partition coefficient (Wildman–Crippen LogP) is 8.78. The number of fused-ring (bicyclic) bond motifs is 5. The third-order valence-corrected chi connectivity index (χ3v) is 7.71. The standard InChI is InChI=1S/C36H32N2/c1-36(2)32-18-10-8-17-30(32)34-31(24-27-14-6-7-15-28(27)35(34)36)29-16-9-11-19-33(29)38-23-21-26(20-22-37)25-12-4-3-5-13-25/h3-21,23-24,38H,22,37H2,1-2H3/b23-21+,26-20+. The molecular weight excluding hydrogens is 460 g/mol. The zero-order valence-corrected chi connectivity index (χ0v) is 21.9. The first-order valence-corrected chi connectivity index (χ1v) is 13.2. The van der Waals surface area contributed by atoms with Crippen molar-refractivity contribution in [2.24, 2.45) is 5.73 Å². The van der Waals surface area contributed by atoms with Crippen LogP contribution in [0.2, 0.25) is 0 Å². The Balaban J connectivity index is 1.49. The van der Waals surface area contributed by atoms with Crippen LogP contribution in [0.4, 0.5) is 5.69 Å². The molecule has 0 amide bonds. The topological polar surface area (TPSA) is 38.0 Å². The molecule has 0 fully saturated rings. The predicted molar refractivity (Wildman–Crippen MR) is 163 cm³/mol. The molecule has 186 valence electrons. The molecule has 1 aliphatic carbocycles. The van der Waals surface area contributed by atoms with Gasteiger partial charge in [-0.05, 0) is 67.9 Å². The highest BCUT2D eigenvalue weighted by Crippen LogP contribution is 2.55. The van der Waals surface area contributed by atoms with E-state index in [1.54, 1.807) is 0 Å². The largest absolute Gasteiger partial charge is 0.361 e. The molecule has 0 spiro atoms. The molecule has 0 unspecified atom stereocenters. The van der Waals surface area contributed by atoms with Gasteiger partial charge in [0.2, 0.25) is 0 Å². The van der Waals surface area contributed by atoms with Crippen LogP contribution in [-0.4, -0.2) is 6.54 Å². The van der Waals surface area contributed by atoms with Gasteiger partial charge in [-0.1, -0.05) is 117 Å². The molecule has 0 aromatic heterocycles. The van der Waals surface area contributed by atoms with Gasteiger partial charge in [-0.15, -0.1) is 0 Å². The minimum atomic E-state index is -0.0819. The molecule has 38 heavy (non-hydrogen) atoms. The van der Waals surface area contributed by atoms with Crippen LogP contribution in [0.25, 0.3) is 38.6 Å². The van der Waals surface area contributed by atoms with Crippen LogP contribution >= 0.6 is 0 Å². The lowest BCUT2D eigenvalue weighted by Gasteiger charge is -2.24. The van der Waals surface area contributed by atoms with Gasteiger partial charge >= 0.3 is 0 Å². The van der Waals surface area contributed by atoms with E-state index in [4.69, 9.17) is 5.73 Å². The summed E-state index contributed by atoms with van der Waals surface area (Å²) in [7, 11) is 0. The molecule has 2 heteroatoms. The lowest BCUT2D eigenvalue weighted by atomic mass is 9.79. The molecular formula is C36H32N2. The lowest BCUT2D eigenvalue weighted by Crippen LogP contribution is -2.15. The molecule has 0 radical (unpaired) electrons. The molecule has 1 aliphatic rings. The molecule has 2 nitrogen and oxygen atoms in total. The maximum atomic E-state index is 5.88. The van der Waals surface area contributed by atoms with Gasteiger partial charge in [-0.25, -0.2) is 0 Å². The number of hydrogen-bond acceptors (Lipinski definition) is 2. The summed E-state index contributed by atoms with van der Waals surface area (Å²) in [5, 5.41) is 6.19. The molecule has 0 aliphatic heterocycles. The third kappa shape index (κ3) is 4.04. The summed E-state index contributed by atoms with van der Waals surface area (Å²) in [5.74, 6) is 0. The highest BCUT2D eigenvalue weighted by Gasteiger charge is 2.38. The van der Waals surface area contributed by atoms with Crippen molar-refractivity contribution in [2.45, 2.75) is 19.3 Å². The van der Waals surface area contributed by atoms with Gasteiger partial charge in [0.1, 0.15) is 0 Å². The second-order valence-corrected chi connectivity index (χ2v) is 10.4. The monoisotopic (exact) mass is 492 g/mol. The maximum absolute atomic E-state index is 5.88. The van der Waals surface area contributed by atoms with E-state index in [9.17, 15) is 0 Å². The van der Waals surface area contributed by atoms with Crippen molar-refractivity contribution in [3.63, 3.8) is 0 Å². The molecule has 5 aromatic rings. The molecule has 5 aromatic carbocycles. The van der Waals surface area contributed by atoms with Crippen LogP contribution in [0.1, 0.15) is 30.5 Å². The number of nitrogens with two attached hydrogens (primary N) is 1. The average Bonchev–Trinajstić information content (AvgIpc) is 3.20. The molecule has 0 saturated heterocycles. The first kappa shape index (κ1) is 24.0. The van der Waals surface area contributed by atoms with Gasteiger partial charge < -0.3 is 11.1 Å². The molecule has 0 saturated carbocycles. The SMILES string of the molecule is CC1(C)c2ccccc2-c2c(-c3ccccc3N/C=C/C(=C\CN)c3ccccc3)cc3ccccc3c21. The minimum Gasteiger partial charge on any atom is -0.361 e. The van der Waals surface area contributed by atoms with E-state index in [1.807, 2.05) is 12.3 Å². The van der Waals surface area contributed by atoms with Crippen molar-refractivity contribution < 1.29 is 0 Å². The summed E-state index contributed by atoms with van der Waals surface area (Å²) in [6.07, 6.45) is 6.17. The van der Waals surface area contributed by atoms with Crippen LogP contribution < -0.4 is 11.1 Å². The molecule has 0 heterocycles. The number of hydrogen-bond donors (Lipinski definition) is 2. The minimum absolute atomic E-state index is 0.0819. The fourth-order valence-corrected chi connectivity index (χ4v) is 5.97. The van der Waals surface area contributed by atoms with E-state index in [-0.39, 0.29) is 5.41 Å². The fourth-order valence-electron chi connectivity index (χ4n) is 5.97. The number of benzene rings is 5. The fraction of sp³-hybridized carbons (Fsp3) is 0.111. The van der Waals surface area contributed by atoms with E-state index in [0.717, 1.165) is 16.8 Å². The van der Waals surface area contributed by atoms with Crippen LogP contribution in [0.5, 0.6) is 0 Å². The summed E-state index contributed by atoms with van der Waals surface area (Å²) < 4.78 is 0. The quantitative estimate of drug-likeness (QED) is 0.232. The Morgan fingerprint density at radius 3 is 2.26 bits per heavy atom. The van der Waals surface area contributed by atoms with Crippen LogP contribution in [0.15, 0.2) is 128 Å². The summed E-state index contributed by atoms with van der Waals surface area (Å²) in [5.41, 5.74) is 17.0. The van der Waals surface area contributed by atoms with Crippen molar-refractivity contribution >= 4 is 22.0 Å². The highest BCUT2D eigenvalue weighted by molar-refractivity contribution is 6.06. The van der Waals surface area contributed by atoms with Crippen molar-refractivity contribution in [1.82, 2.24) is 0 Å². The highest BCUT2D eigenvalue weighted by atomic mass is 14.8. The number of nitrogens with one attached hydrogen (secondary N) is 1. The van der Waals surface area contributed by atoms with E-state index in [1.165, 1.54) is 44.2 Å². The van der Waals surface area contributed by atoms with Crippen LogP contribution in [0.3, 0.4) is 0 Å². The zero-order valence-electron chi connectivity index (χ0n) is 21.9. The number of anilines is 1. The second-order valence-electron chi connectivity index (χ2n) is 10.4. The first-order valence-electron chi connectivity index (χ1n) is 13.2. The van der Waals surface area contributed by atoms with E-state index in [2.05, 4.69) is 134 Å². The Kier molecular flexibility index (Phi) is 6.19. The van der Waals surface area contributed by atoms with Crippen LogP contribution in [0, 0.1) is 0 Å². The average molecular weight is 493 g/mol. The number of rotatable bonds is 6. The Hall–Kier alpha value is -4.40. The van der Waals surface area contributed by atoms with E-state index >= 15 is 0 Å². The normalized spacial score (nSPS) is 14.0.